The lowest BCUT2D eigenvalue weighted by Crippen LogP contribution is -2.32. The van der Waals surface area contributed by atoms with Crippen LogP contribution in [0.3, 0.4) is 0 Å². The van der Waals surface area contributed by atoms with Crippen LogP contribution in [0.25, 0.3) is 10.9 Å². The molecule has 1 aromatic carbocycles. The molecule has 1 N–H and O–H groups in total. The molecule has 8 nitrogen and oxygen atoms in total. The lowest BCUT2D eigenvalue weighted by Gasteiger charge is -2.22. The van der Waals surface area contributed by atoms with E-state index < -0.39 is 11.5 Å². The minimum absolute atomic E-state index is 0.0474. The Labute approximate surface area is 206 Å². The molecule has 1 amide bonds. The Balaban J connectivity index is 1.33. The second-order valence-electron chi connectivity index (χ2n) is 8.88. The molecule has 0 spiro atoms. The van der Waals surface area contributed by atoms with Gasteiger partial charge in [0, 0.05) is 37.1 Å². The highest BCUT2D eigenvalue weighted by molar-refractivity contribution is 7.98. The summed E-state index contributed by atoms with van der Waals surface area (Å²) in [5, 5.41) is 12.3. The number of pyridine rings is 1. The topological polar surface area (TPSA) is 89.3 Å². The molecule has 0 radical (unpaired) electrons. The van der Waals surface area contributed by atoms with Crippen molar-refractivity contribution in [3.63, 3.8) is 0 Å². The monoisotopic (exact) mass is 499 g/mol. The number of benzene rings is 1. The van der Waals surface area contributed by atoms with Gasteiger partial charge in [0.05, 0.1) is 10.9 Å². The van der Waals surface area contributed by atoms with Crippen LogP contribution in [0.5, 0.6) is 5.88 Å². The number of hydrogen-bond donors (Lipinski definition) is 1. The van der Waals surface area contributed by atoms with Crippen molar-refractivity contribution in [1.82, 2.24) is 24.4 Å². The maximum absolute atomic E-state index is 13.0. The molecule has 2 aromatic heterocycles. The van der Waals surface area contributed by atoms with Gasteiger partial charge in [-0.3, -0.25) is 13.9 Å². The molecular weight excluding hydrogens is 474 g/mol. The lowest BCUT2D eigenvalue weighted by molar-refractivity contribution is 0.0949. The quantitative estimate of drug-likeness (QED) is 0.474. The van der Waals surface area contributed by atoms with Crippen molar-refractivity contribution in [3.05, 3.63) is 63.0 Å². The minimum Gasteiger partial charge on any atom is -0.474 e. The third-order valence-electron chi connectivity index (χ3n) is 6.27. The van der Waals surface area contributed by atoms with E-state index in [1.54, 1.807) is 31.4 Å². The Morgan fingerprint density at radius 2 is 1.97 bits per heavy atom. The highest BCUT2D eigenvalue weighted by Gasteiger charge is 2.46. The summed E-state index contributed by atoms with van der Waals surface area (Å²) >= 11 is 7.80. The van der Waals surface area contributed by atoms with Gasteiger partial charge in [-0.05, 0) is 49.4 Å². The molecule has 2 aliphatic rings. The summed E-state index contributed by atoms with van der Waals surface area (Å²) in [5.74, 6) is -0.130. The fourth-order valence-electron chi connectivity index (χ4n) is 4.11. The van der Waals surface area contributed by atoms with Gasteiger partial charge in [-0.25, -0.2) is 0 Å². The maximum atomic E-state index is 13.0. The van der Waals surface area contributed by atoms with Crippen LogP contribution in [0, 0.1) is 0 Å². The van der Waals surface area contributed by atoms with E-state index in [-0.39, 0.29) is 16.9 Å². The van der Waals surface area contributed by atoms with Crippen molar-refractivity contribution in [1.29, 1.82) is 0 Å². The van der Waals surface area contributed by atoms with E-state index in [1.807, 2.05) is 24.1 Å². The normalized spacial score (nSPS) is 17.1. The number of fused-ring (bicyclic) bond motifs is 1. The number of halogens is 1. The second kappa shape index (κ2) is 9.56. The fraction of sp³-hybridized carbons (Fsp3) is 0.417. The first kappa shape index (κ1) is 23.1. The number of aryl methyl sites for hydroxylation is 1. The average Bonchev–Trinajstić information content (AvgIpc) is 3.41. The molecule has 1 aliphatic carbocycles. The van der Waals surface area contributed by atoms with Crippen LogP contribution in [0.4, 0.5) is 0 Å². The lowest BCUT2D eigenvalue weighted by atomic mass is 10.1. The molecule has 1 saturated carbocycles. The first-order chi connectivity index (χ1) is 16.4. The summed E-state index contributed by atoms with van der Waals surface area (Å²) in [4.78, 5) is 25.8. The van der Waals surface area contributed by atoms with Crippen LogP contribution in [-0.4, -0.2) is 49.4 Å². The number of nitrogens with zero attached hydrogens (tertiary/aromatic N) is 4. The SMILES string of the molecule is Cn1c(=O)c(C(=O)NCc2ccc(Cl)cc2)cc2cnnc(OCC3(SN4CCCC4)CC3)c21. The number of carbonyl (C=O) groups excluding carboxylic acids is 1. The van der Waals surface area contributed by atoms with Crippen LogP contribution in [0.15, 0.2) is 41.3 Å². The molecule has 2 fully saturated rings. The fourth-order valence-corrected chi connectivity index (χ4v) is 5.62. The zero-order valence-corrected chi connectivity index (χ0v) is 20.5. The van der Waals surface area contributed by atoms with Gasteiger partial charge in [-0.15, -0.1) is 5.10 Å². The predicted molar refractivity (Wildman–Crippen MR) is 133 cm³/mol. The van der Waals surface area contributed by atoms with E-state index in [9.17, 15) is 9.59 Å². The van der Waals surface area contributed by atoms with Crippen molar-refractivity contribution in [3.8, 4) is 5.88 Å². The van der Waals surface area contributed by atoms with E-state index in [4.69, 9.17) is 16.3 Å². The van der Waals surface area contributed by atoms with Crippen molar-refractivity contribution < 1.29 is 9.53 Å². The second-order valence-corrected chi connectivity index (χ2v) is 10.9. The van der Waals surface area contributed by atoms with Gasteiger partial charge in [0.25, 0.3) is 17.3 Å². The zero-order valence-electron chi connectivity index (χ0n) is 18.9. The summed E-state index contributed by atoms with van der Waals surface area (Å²) in [6.45, 7) is 3.05. The number of nitrogens with one attached hydrogen (secondary N) is 1. The minimum atomic E-state index is -0.448. The van der Waals surface area contributed by atoms with E-state index in [2.05, 4.69) is 19.8 Å². The average molecular weight is 500 g/mol. The Morgan fingerprint density at radius 1 is 1.24 bits per heavy atom. The van der Waals surface area contributed by atoms with Crippen LogP contribution in [0.1, 0.15) is 41.6 Å². The summed E-state index contributed by atoms with van der Waals surface area (Å²) < 4.78 is 10.0. The van der Waals surface area contributed by atoms with Gasteiger partial charge in [0.1, 0.15) is 17.7 Å². The molecule has 0 unspecified atom stereocenters. The third kappa shape index (κ3) is 4.92. The number of carbonyl (C=O) groups is 1. The molecule has 3 aromatic rings. The van der Waals surface area contributed by atoms with E-state index in [0.29, 0.717) is 28.4 Å². The number of aromatic nitrogens is 3. The first-order valence-electron chi connectivity index (χ1n) is 11.4. The van der Waals surface area contributed by atoms with Crippen LogP contribution in [-0.2, 0) is 13.6 Å². The van der Waals surface area contributed by atoms with Gasteiger partial charge in [-0.2, -0.15) is 5.10 Å². The summed E-state index contributed by atoms with van der Waals surface area (Å²) in [7, 11) is 1.63. The van der Waals surface area contributed by atoms with Crippen LogP contribution in [0.2, 0.25) is 5.02 Å². The Kier molecular flexibility index (Phi) is 6.50. The molecule has 34 heavy (non-hydrogen) atoms. The van der Waals surface area contributed by atoms with Crippen LogP contribution >= 0.6 is 23.5 Å². The standard InChI is InChI=1S/C24H26ClN5O3S/c1-29-20-17(12-19(23(29)32)21(31)26-13-16-4-6-18(25)7-5-16)14-27-28-22(20)33-15-24(8-9-24)34-30-10-2-3-11-30/h4-7,12,14H,2-3,8-11,13,15H2,1H3,(H,26,31). The van der Waals surface area contributed by atoms with E-state index in [0.717, 1.165) is 31.5 Å². The molecule has 10 heteroatoms. The maximum Gasteiger partial charge on any atom is 0.263 e. The predicted octanol–water partition coefficient (Wildman–Crippen LogP) is 3.57. The summed E-state index contributed by atoms with van der Waals surface area (Å²) in [5.41, 5.74) is 1.06. The van der Waals surface area contributed by atoms with Gasteiger partial charge in [0.2, 0.25) is 0 Å². The Hall–Kier alpha value is -2.62. The van der Waals surface area contributed by atoms with E-state index in [1.165, 1.54) is 17.4 Å². The number of hydrogen-bond acceptors (Lipinski definition) is 7. The molecule has 3 heterocycles. The van der Waals surface area contributed by atoms with Crippen molar-refractivity contribution in [2.45, 2.75) is 37.0 Å². The van der Waals surface area contributed by atoms with E-state index >= 15 is 0 Å². The van der Waals surface area contributed by atoms with Gasteiger partial charge < -0.3 is 14.6 Å². The van der Waals surface area contributed by atoms with Crippen molar-refractivity contribution in [2.75, 3.05) is 19.7 Å². The highest BCUT2D eigenvalue weighted by atomic mass is 35.5. The number of ether oxygens (including phenoxy) is 1. The van der Waals surface area contributed by atoms with Gasteiger partial charge >= 0.3 is 0 Å². The third-order valence-corrected chi connectivity index (χ3v) is 8.06. The number of rotatable bonds is 8. The van der Waals surface area contributed by atoms with Crippen LogP contribution < -0.4 is 15.6 Å². The summed E-state index contributed by atoms with van der Waals surface area (Å²) in [6.07, 6.45) is 6.24. The molecule has 1 aliphatic heterocycles. The molecule has 178 valence electrons. The Bertz CT molecular complexity index is 1270. The van der Waals surface area contributed by atoms with Crippen molar-refractivity contribution >= 4 is 40.4 Å². The molecule has 0 atom stereocenters. The largest absolute Gasteiger partial charge is 0.474 e. The molecule has 5 rings (SSSR count). The highest BCUT2D eigenvalue weighted by Crippen LogP contribution is 2.50. The Morgan fingerprint density at radius 3 is 2.68 bits per heavy atom. The zero-order chi connectivity index (χ0) is 23.7. The molecular formula is C24H26ClN5O3S. The number of amides is 1. The first-order valence-corrected chi connectivity index (χ1v) is 12.5. The summed E-state index contributed by atoms with van der Waals surface area (Å²) in [6, 6.07) is 8.73. The van der Waals surface area contributed by atoms with Gasteiger partial charge in [0.15, 0.2) is 0 Å². The molecule has 0 bridgehead atoms. The molecule has 1 saturated heterocycles. The van der Waals surface area contributed by atoms with Crippen molar-refractivity contribution in [2.24, 2.45) is 7.05 Å². The smallest absolute Gasteiger partial charge is 0.263 e. The van der Waals surface area contributed by atoms with Gasteiger partial charge in [-0.1, -0.05) is 35.7 Å².